The maximum atomic E-state index is 5.82. The maximum Gasteiger partial charge on any atom is 0.134 e. The third-order valence-electron chi connectivity index (χ3n) is 2.92. The van der Waals surface area contributed by atoms with Crippen molar-refractivity contribution in [2.75, 3.05) is 0 Å². The molecule has 0 aliphatic heterocycles. The van der Waals surface area contributed by atoms with Crippen molar-refractivity contribution < 1.29 is 4.42 Å². The van der Waals surface area contributed by atoms with Gasteiger partial charge >= 0.3 is 0 Å². The van der Waals surface area contributed by atoms with E-state index in [4.69, 9.17) is 4.42 Å². The Kier molecular flexibility index (Phi) is 1.91. The molecule has 0 fully saturated rings. The maximum absolute atomic E-state index is 5.82. The van der Waals surface area contributed by atoms with Crippen molar-refractivity contribution in [2.24, 2.45) is 0 Å². The minimum atomic E-state index is 1.04. The second kappa shape index (κ2) is 3.13. The Morgan fingerprint density at radius 2 is 2.00 bits per heavy atom. The van der Waals surface area contributed by atoms with Gasteiger partial charge in [0.05, 0.1) is 0 Å². The van der Waals surface area contributed by atoms with Gasteiger partial charge in [-0.25, -0.2) is 0 Å². The van der Waals surface area contributed by atoms with E-state index in [0.717, 1.165) is 16.5 Å². The molecule has 1 aliphatic rings. The Morgan fingerprint density at radius 3 is 2.93 bits per heavy atom. The van der Waals surface area contributed by atoms with Crippen LogP contribution in [0.3, 0.4) is 0 Å². The van der Waals surface area contributed by atoms with Crippen LogP contribution in [0.4, 0.5) is 0 Å². The Morgan fingerprint density at radius 1 is 1.14 bits per heavy atom. The van der Waals surface area contributed by atoms with E-state index in [9.17, 15) is 0 Å². The first-order chi connectivity index (χ1) is 6.84. The summed E-state index contributed by atoms with van der Waals surface area (Å²) in [5, 5.41) is 1.30. The lowest BCUT2D eigenvalue weighted by Gasteiger charge is -2.08. The molecule has 0 atom stereocenters. The van der Waals surface area contributed by atoms with E-state index in [1.165, 1.54) is 36.0 Å². The molecule has 0 N–H and O–H groups in total. The number of halogens is 1. The van der Waals surface area contributed by atoms with Crippen molar-refractivity contribution in [3.05, 3.63) is 34.0 Å². The van der Waals surface area contributed by atoms with E-state index in [1.807, 2.05) is 6.07 Å². The predicted octanol–water partition coefficient (Wildman–Crippen LogP) is 4.07. The van der Waals surface area contributed by atoms with Crippen LogP contribution in [0.5, 0.6) is 0 Å². The lowest BCUT2D eigenvalue weighted by molar-refractivity contribution is 0.506. The van der Waals surface area contributed by atoms with Crippen LogP contribution in [0.15, 0.2) is 27.1 Å². The molecule has 0 amide bonds. The lowest BCUT2D eigenvalue weighted by atomic mass is 9.96. The standard InChI is InChI=1S/C12H11BrO/c13-8-5-6-12-10(7-8)9-3-1-2-4-11(9)14-12/h5-7H,1-4H2. The number of rotatable bonds is 0. The molecule has 0 bridgehead atoms. The Hall–Kier alpha value is -0.760. The predicted molar refractivity (Wildman–Crippen MR) is 60.6 cm³/mol. The van der Waals surface area contributed by atoms with Crippen LogP contribution in [0, 0.1) is 0 Å². The molecule has 72 valence electrons. The Balaban J connectivity index is 2.32. The minimum Gasteiger partial charge on any atom is -0.461 e. The molecular formula is C12H11BrO. The summed E-state index contributed by atoms with van der Waals surface area (Å²) >= 11 is 3.50. The van der Waals surface area contributed by atoms with Crippen LogP contribution in [-0.2, 0) is 12.8 Å². The monoisotopic (exact) mass is 250 g/mol. The number of furan rings is 1. The fourth-order valence-corrected chi connectivity index (χ4v) is 2.60. The van der Waals surface area contributed by atoms with Crippen molar-refractivity contribution in [1.82, 2.24) is 0 Å². The van der Waals surface area contributed by atoms with Crippen LogP contribution < -0.4 is 0 Å². The van der Waals surface area contributed by atoms with Gasteiger partial charge in [-0.15, -0.1) is 0 Å². The molecule has 1 aliphatic carbocycles. The smallest absolute Gasteiger partial charge is 0.134 e. The summed E-state index contributed by atoms with van der Waals surface area (Å²) in [6.07, 6.45) is 4.86. The summed E-state index contributed by atoms with van der Waals surface area (Å²) in [7, 11) is 0. The average molecular weight is 251 g/mol. The summed E-state index contributed by atoms with van der Waals surface area (Å²) < 4.78 is 6.96. The van der Waals surface area contributed by atoms with Crippen LogP contribution >= 0.6 is 15.9 Å². The summed E-state index contributed by atoms with van der Waals surface area (Å²) in [5.74, 6) is 1.21. The molecular weight excluding hydrogens is 240 g/mol. The van der Waals surface area contributed by atoms with Gasteiger partial charge < -0.3 is 4.42 Å². The van der Waals surface area contributed by atoms with Crippen LogP contribution in [-0.4, -0.2) is 0 Å². The number of hydrogen-bond acceptors (Lipinski definition) is 1. The average Bonchev–Trinajstić information content (AvgIpc) is 2.56. The number of benzene rings is 1. The number of hydrogen-bond donors (Lipinski definition) is 0. The van der Waals surface area contributed by atoms with E-state index < -0.39 is 0 Å². The third-order valence-corrected chi connectivity index (χ3v) is 3.41. The van der Waals surface area contributed by atoms with E-state index in [0.29, 0.717) is 0 Å². The van der Waals surface area contributed by atoms with Gasteiger partial charge in [0.1, 0.15) is 11.3 Å². The molecule has 1 aromatic carbocycles. The summed E-state index contributed by atoms with van der Waals surface area (Å²) in [6, 6.07) is 6.26. The highest BCUT2D eigenvalue weighted by atomic mass is 79.9. The van der Waals surface area contributed by atoms with Gasteiger partial charge in [0.2, 0.25) is 0 Å². The zero-order valence-corrected chi connectivity index (χ0v) is 9.43. The van der Waals surface area contributed by atoms with Crippen molar-refractivity contribution in [1.29, 1.82) is 0 Å². The summed E-state index contributed by atoms with van der Waals surface area (Å²) in [5.41, 5.74) is 2.48. The zero-order valence-electron chi connectivity index (χ0n) is 7.85. The van der Waals surface area contributed by atoms with Gasteiger partial charge in [0.25, 0.3) is 0 Å². The molecule has 3 rings (SSSR count). The number of fused-ring (bicyclic) bond motifs is 3. The highest BCUT2D eigenvalue weighted by molar-refractivity contribution is 9.10. The quantitative estimate of drug-likeness (QED) is 0.687. The third kappa shape index (κ3) is 1.21. The van der Waals surface area contributed by atoms with Gasteiger partial charge in [-0.2, -0.15) is 0 Å². The molecule has 2 heteroatoms. The van der Waals surface area contributed by atoms with Crippen molar-refractivity contribution in [3.8, 4) is 0 Å². The van der Waals surface area contributed by atoms with Crippen molar-refractivity contribution >= 4 is 26.9 Å². The molecule has 1 heterocycles. The van der Waals surface area contributed by atoms with E-state index >= 15 is 0 Å². The highest BCUT2D eigenvalue weighted by Crippen LogP contribution is 2.33. The summed E-state index contributed by atoms with van der Waals surface area (Å²) in [6.45, 7) is 0. The first kappa shape index (κ1) is 8.54. The van der Waals surface area contributed by atoms with Crippen LogP contribution in [0.2, 0.25) is 0 Å². The van der Waals surface area contributed by atoms with Gasteiger partial charge in [-0.1, -0.05) is 15.9 Å². The van der Waals surface area contributed by atoms with Gasteiger partial charge in [-0.3, -0.25) is 0 Å². The largest absolute Gasteiger partial charge is 0.461 e. The molecule has 0 radical (unpaired) electrons. The van der Waals surface area contributed by atoms with Crippen LogP contribution in [0.25, 0.3) is 11.0 Å². The van der Waals surface area contributed by atoms with Crippen LogP contribution in [0.1, 0.15) is 24.2 Å². The normalized spacial score (nSPS) is 15.8. The Labute approximate surface area is 91.2 Å². The molecule has 2 aromatic rings. The highest BCUT2D eigenvalue weighted by Gasteiger charge is 2.17. The first-order valence-electron chi connectivity index (χ1n) is 5.04. The van der Waals surface area contributed by atoms with Crippen molar-refractivity contribution in [3.63, 3.8) is 0 Å². The molecule has 0 saturated carbocycles. The fraction of sp³-hybridized carbons (Fsp3) is 0.333. The molecule has 0 unspecified atom stereocenters. The zero-order chi connectivity index (χ0) is 9.54. The second-order valence-corrected chi connectivity index (χ2v) is 4.77. The second-order valence-electron chi connectivity index (χ2n) is 3.85. The molecule has 0 saturated heterocycles. The Bertz CT molecular complexity index is 484. The van der Waals surface area contributed by atoms with E-state index in [-0.39, 0.29) is 0 Å². The molecule has 14 heavy (non-hydrogen) atoms. The fourth-order valence-electron chi connectivity index (χ4n) is 2.23. The van der Waals surface area contributed by atoms with E-state index in [1.54, 1.807) is 0 Å². The summed E-state index contributed by atoms with van der Waals surface area (Å²) in [4.78, 5) is 0. The van der Waals surface area contributed by atoms with Crippen molar-refractivity contribution in [2.45, 2.75) is 25.7 Å². The molecule has 1 aromatic heterocycles. The minimum absolute atomic E-state index is 1.04. The van der Waals surface area contributed by atoms with E-state index in [2.05, 4.69) is 28.1 Å². The molecule has 0 spiro atoms. The topological polar surface area (TPSA) is 13.1 Å². The first-order valence-corrected chi connectivity index (χ1v) is 5.84. The van der Waals surface area contributed by atoms with Gasteiger partial charge in [0, 0.05) is 21.8 Å². The van der Waals surface area contributed by atoms with Gasteiger partial charge in [0.15, 0.2) is 0 Å². The number of aryl methyl sites for hydroxylation is 2. The lowest BCUT2D eigenvalue weighted by Crippen LogP contribution is -1.98. The molecule has 1 nitrogen and oxygen atoms in total. The van der Waals surface area contributed by atoms with Gasteiger partial charge in [-0.05, 0) is 37.5 Å². The SMILES string of the molecule is Brc1ccc2oc3c(c2c1)CCCC3.